The van der Waals surface area contributed by atoms with Gasteiger partial charge < -0.3 is 20.1 Å². The molecule has 0 unspecified atom stereocenters. The molecular formula is C25H31N5O3. The van der Waals surface area contributed by atoms with Gasteiger partial charge in [-0.3, -0.25) is 9.69 Å². The molecule has 3 aromatic rings. The number of benzene rings is 2. The van der Waals surface area contributed by atoms with Crippen LogP contribution in [0.25, 0.3) is 10.9 Å². The van der Waals surface area contributed by atoms with Gasteiger partial charge in [0.25, 0.3) is 0 Å². The lowest BCUT2D eigenvalue weighted by atomic mass is 10.1. The van der Waals surface area contributed by atoms with Crippen molar-refractivity contribution in [3.63, 3.8) is 0 Å². The number of nitrogens with zero attached hydrogens (tertiary/aromatic N) is 3. The topological polar surface area (TPSA) is 88.6 Å². The number of amides is 1. The summed E-state index contributed by atoms with van der Waals surface area (Å²) in [6.07, 6.45) is 1.53. The van der Waals surface area contributed by atoms with E-state index in [0.29, 0.717) is 23.9 Å². The highest BCUT2D eigenvalue weighted by Gasteiger charge is 2.16. The van der Waals surface area contributed by atoms with Gasteiger partial charge in [-0.15, -0.1) is 0 Å². The molecule has 1 fully saturated rings. The van der Waals surface area contributed by atoms with Crippen LogP contribution in [0.1, 0.15) is 19.4 Å². The van der Waals surface area contributed by atoms with Crippen molar-refractivity contribution in [2.45, 2.75) is 20.8 Å². The molecule has 0 spiro atoms. The minimum absolute atomic E-state index is 0.0720. The predicted molar refractivity (Wildman–Crippen MR) is 130 cm³/mol. The van der Waals surface area contributed by atoms with E-state index in [2.05, 4.69) is 25.5 Å². The molecule has 1 aliphatic heterocycles. The average Bonchev–Trinajstić information content (AvgIpc) is 2.82. The van der Waals surface area contributed by atoms with Crippen LogP contribution in [-0.2, 0) is 9.53 Å². The molecule has 33 heavy (non-hydrogen) atoms. The number of anilines is 3. The van der Waals surface area contributed by atoms with Crippen LogP contribution in [0.2, 0.25) is 0 Å². The van der Waals surface area contributed by atoms with Crippen LogP contribution in [0.4, 0.5) is 17.2 Å². The smallest absolute Gasteiger partial charge is 0.227 e. The van der Waals surface area contributed by atoms with Crippen molar-refractivity contribution in [3.05, 3.63) is 48.3 Å². The molecule has 1 aliphatic rings. The van der Waals surface area contributed by atoms with Gasteiger partial charge in [0.1, 0.15) is 24.5 Å². The van der Waals surface area contributed by atoms with Gasteiger partial charge >= 0.3 is 0 Å². The maximum atomic E-state index is 12.5. The van der Waals surface area contributed by atoms with Gasteiger partial charge in [0.05, 0.1) is 24.4 Å². The van der Waals surface area contributed by atoms with E-state index in [9.17, 15) is 4.79 Å². The number of aromatic nitrogens is 2. The molecule has 1 aromatic heterocycles. The van der Waals surface area contributed by atoms with Crippen molar-refractivity contribution < 1.29 is 14.3 Å². The quantitative estimate of drug-likeness (QED) is 0.538. The first-order valence-corrected chi connectivity index (χ1v) is 11.4. The van der Waals surface area contributed by atoms with E-state index in [-0.39, 0.29) is 11.8 Å². The number of morpholine rings is 1. The third kappa shape index (κ3) is 5.97. The van der Waals surface area contributed by atoms with Crippen molar-refractivity contribution in [3.8, 4) is 5.75 Å². The molecule has 0 atom stereocenters. The Kier molecular flexibility index (Phi) is 7.36. The fourth-order valence-electron chi connectivity index (χ4n) is 3.56. The van der Waals surface area contributed by atoms with Crippen LogP contribution in [0.3, 0.4) is 0 Å². The Balaban J connectivity index is 1.61. The fourth-order valence-corrected chi connectivity index (χ4v) is 3.56. The Bertz CT molecular complexity index is 1100. The number of carbonyl (C=O) groups excluding carboxylic acids is 1. The van der Waals surface area contributed by atoms with Crippen molar-refractivity contribution in [2.75, 3.05) is 50.1 Å². The normalized spacial score (nSPS) is 14.4. The van der Waals surface area contributed by atoms with Gasteiger partial charge in [0.15, 0.2) is 0 Å². The Morgan fingerprint density at radius 1 is 1.15 bits per heavy atom. The highest BCUT2D eigenvalue weighted by molar-refractivity contribution is 6.00. The van der Waals surface area contributed by atoms with Crippen molar-refractivity contribution >= 4 is 34.0 Å². The lowest BCUT2D eigenvalue weighted by molar-refractivity contribution is -0.118. The molecule has 0 bridgehead atoms. The van der Waals surface area contributed by atoms with E-state index in [1.54, 1.807) is 0 Å². The molecule has 8 heteroatoms. The number of hydrogen-bond donors (Lipinski definition) is 2. The number of carbonyl (C=O) groups is 1. The lowest BCUT2D eigenvalue weighted by Gasteiger charge is -2.26. The Morgan fingerprint density at radius 3 is 2.64 bits per heavy atom. The lowest BCUT2D eigenvalue weighted by Crippen LogP contribution is -2.38. The number of hydrogen-bond acceptors (Lipinski definition) is 7. The van der Waals surface area contributed by atoms with Gasteiger partial charge in [-0.1, -0.05) is 31.5 Å². The second-order valence-corrected chi connectivity index (χ2v) is 8.53. The molecule has 2 heterocycles. The largest absolute Gasteiger partial charge is 0.490 e. The SMILES string of the molecule is Cc1ccc(Nc2ncnc3cc(OCCN4CCOCC4)c(NC(=O)C(C)C)cc23)cc1. The molecule has 1 amide bonds. The molecule has 0 radical (unpaired) electrons. The molecule has 1 saturated heterocycles. The summed E-state index contributed by atoms with van der Waals surface area (Å²) in [5.41, 5.74) is 3.47. The first kappa shape index (κ1) is 22.9. The second kappa shape index (κ2) is 10.6. The first-order chi connectivity index (χ1) is 16.0. The van der Waals surface area contributed by atoms with Gasteiger partial charge in [-0.05, 0) is 25.1 Å². The number of fused-ring (bicyclic) bond motifs is 1. The minimum Gasteiger partial charge on any atom is -0.490 e. The summed E-state index contributed by atoms with van der Waals surface area (Å²) in [6, 6.07) is 11.9. The zero-order chi connectivity index (χ0) is 23.2. The van der Waals surface area contributed by atoms with E-state index in [0.717, 1.165) is 49.4 Å². The third-order valence-electron chi connectivity index (χ3n) is 5.60. The average molecular weight is 450 g/mol. The van der Waals surface area contributed by atoms with Crippen molar-refractivity contribution in [1.29, 1.82) is 0 Å². The van der Waals surface area contributed by atoms with E-state index >= 15 is 0 Å². The standard InChI is InChI=1S/C25H31N5O3/c1-17(2)25(31)29-22-14-20-21(15-23(22)33-13-10-30-8-11-32-12-9-30)26-16-27-24(20)28-19-6-4-18(3)5-7-19/h4-7,14-17H,8-13H2,1-3H3,(H,29,31)(H,26,27,28). The first-order valence-electron chi connectivity index (χ1n) is 11.4. The summed E-state index contributed by atoms with van der Waals surface area (Å²) < 4.78 is 11.5. The van der Waals surface area contributed by atoms with Crippen LogP contribution < -0.4 is 15.4 Å². The second-order valence-electron chi connectivity index (χ2n) is 8.53. The van der Waals surface area contributed by atoms with Crippen LogP contribution in [0.5, 0.6) is 5.75 Å². The highest BCUT2D eigenvalue weighted by atomic mass is 16.5. The summed E-state index contributed by atoms with van der Waals surface area (Å²) in [6.45, 7) is 10.4. The maximum absolute atomic E-state index is 12.5. The monoisotopic (exact) mass is 449 g/mol. The van der Waals surface area contributed by atoms with Crippen LogP contribution in [0.15, 0.2) is 42.7 Å². The molecular weight excluding hydrogens is 418 g/mol. The number of nitrogens with one attached hydrogen (secondary N) is 2. The van der Waals surface area contributed by atoms with Crippen LogP contribution in [-0.4, -0.2) is 60.2 Å². The summed E-state index contributed by atoms with van der Waals surface area (Å²) in [7, 11) is 0. The molecule has 0 aliphatic carbocycles. The summed E-state index contributed by atoms with van der Waals surface area (Å²) in [4.78, 5) is 23.7. The van der Waals surface area contributed by atoms with Crippen LogP contribution >= 0.6 is 0 Å². The van der Waals surface area contributed by atoms with E-state index in [4.69, 9.17) is 9.47 Å². The summed E-state index contributed by atoms with van der Waals surface area (Å²) >= 11 is 0. The number of ether oxygens (including phenoxy) is 2. The molecule has 174 valence electrons. The molecule has 0 saturated carbocycles. The van der Waals surface area contributed by atoms with Gasteiger partial charge in [0.2, 0.25) is 5.91 Å². The van der Waals surface area contributed by atoms with Crippen molar-refractivity contribution in [1.82, 2.24) is 14.9 Å². The summed E-state index contributed by atoms with van der Waals surface area (Å²) in [5.74, 6) is 1.05. The van der Waals surface area contributed by atoms with Crippen LogP contribution in [0, 0.1) is 12.8 Å². The number of rotatable bonds is 8. The minimum atomic E-state index is -0.154. The predicted octanol–water partition coefficient (Wildman–Crippen LogP) is 3.99. The highest BCUT2D eigenvalue weighted by Crippen LogP contribution is 2.33. The van der Waals surface area contributed by atoms with Crippen molar-refractivity contribution in [2.24, 2.45) is 5.92 Å². The zero-order valence-electron chi connectivity index (χ0n) is 19.4. The maximum Gasteiger partial charge on any atom is 0.227 e. The molecule has 2 aromatic carbocycles. The van der Waals surface area contributed by atoms with Gasteiger partial charge in [-0.2, -0.15) is 0 Å². The third-order valence-corrected chi connectivity index (χ3v) is 5.60. The van der Waals surface area contributed by atoms with E-state index in [1.807, 2.05) is 57.2 Å². The van der Waals surface area contributed by atoms with E-state index < -0.39 is 0 Å². The van der Waals surface area contributed by atoms with Gasteiger partial charge in [0, 0.05) is 42.7 Å². The Morgan fingerprint density at radius 2 is 1.91 bits per heavy atom. The Labute approximate surface area is 194 Å². The fraction of sp³-hybridized carbons (Fsp3) is 0.400. The molecule has 2 N–H and O–H groups in total. The molecule has 4 rings (SSSR count). The summed E-state index contributed by atoms with van der Waals surface area (Å²) in [5, 5.41) is 7.17. The van der Waals surface area contributed by atoms with E-state index in [1.165, 1.54) is 11.9 Å². The zero-order valence-corrected chi connectivity index (χ0v) is 19.4. The number of aryl methyl sites for hydroxylation is 1. The Hall–Kier alpha value is -3.23. The van der Waals surface area contributed by atoms with Gasteiger partial charge in [-0.25, -0.2) is 9.97 Å². The molecule has 8 nitrogen and oxygen atoms in total.